The van der Waals surface area contributed by atoms with Crippen LogP contribution < -0.4 is 0 Å². The Hall–Kier alpha value is -0.233. The summed E-state index contributed by atoms with van der Waals surface area (Å²) < 4.78 is 17.8. The molecule has 130 valence electrons. The minimum absolute atomic E-state index is 0.186. The van der Waals surface area contributed by atoms with Crippen molar-refractivity contribution in [3.05, 3.63) is 0 Å². The van der Waals surface area contributed by atoms with Gasteiger partial charge in [-0.2, -0.15) is 0 Å². The zero-order valence-electron chi connectivity index (χ0n) is 15.5. The number of carbonyl (C=O) groups excluding carboxylic acids is 1. The predicted octanol–water partition coefficient (Wildman–Crippen LogP) is 4.15. The molecule has 0 radical (unpaired) electrons. The molecule has 0 bridgehead atoms. The van der Waals surface area contributed by atoms with Gasteiger partial charge in [0.1, 0.15) is 6.29 Å². The topological polar surface area (TPSA) is 44.8 Å². The summed E-state index contributed by atoms with van der Waals surface area (Å²) in [5.41, 5.74) is -0.186. The first-order chi connectivity index (χ1) is 9.93. The average molecular weight is 331 g/mol. The van der Waals surface area contributed by atoms with Gasteiger partial charge in [0.05, 0.1) is 13.2 Å². The van der Waals surface area contributed by atoms with Crippen molar-refractivity contribution >= 4 is 14.6 Å². The quantitative estimate of drug-likeness (QED) is 0.400. The predicted molar refractivity (Wildman–Crippen MR) is 91.5 cm³/mol. The Morgan fingerprint density at radius 3 is 2.18 bits per heavy atom. The molecule has 1 fully saturated rings. The Morgan fingerprint density at radius 1 is 1.18 bits per heavy atom. The Bertz CT molecular complexity index is 361. The minimum Gasteiger partial charge on any atom is -0.417 e. The maximum atomic E-state index is 11.0. The summed E-state index contributed by atoms with van der Waals surface area (Å²) in [7, 11) is -1.69. The number of hydrogen-bond donors (Lipinski definition) is 0. The molecule has 0 unspecified atom stereocenters. The van der Waals surface area contributed by atoms with Crippen LogP contribution in [-0.4, -0.2) is 40.2 Å². The molecule has 0 N–H and O–H groups in total. The van der Waals surface area contributed by atoms with Crippen LogP contribution in [0.2, 0.25) is 18.1 Å². The van der Waals surface area contributed by atoms with E-state index in [9.17, 15) is 4.79 Å². The molecule has 1 rings (SSSR count). The molecule has 0 aromatic rings. The Balaban J connectivity index is 2.48. The van der Waals surface area contributed by atoms with Crippen molar-refractivity contribution in [2.45, 2.75) is 77.8 Å². The number of carbonyl (C=O) groups is 1. The lowest BCUT2D eigenvalue weighted by molar-refractivity contribution is -0.286. The molecule has 1 saturated heterocycles. The first-order valence-electron chi connectivity index (χ1n) is 8.29. The van der Waals surface area contributed by atoms with Crippen molar-refractivity contribution in [1.29, 1.82) is 0 Å². The van der Waals surface area contributed by atoms with Crippen LogP contribution in [-0.2, 0) is 18.7 Å². The Morgan fingerprint density at radius 2 is 1.73 bits per heavy atom. The third kappa shape index (κ3) is 5.44. The smallest absolute Gasteiger partial charge is 0.191 e. The molecule has 1 aliphatic heterocycles. The largest absolute Gasteiger partial charge is 0.417 e. The van der Waals surface area contributed by atoms with Gasteiger partial charge in [-0.05, 0) is 44.8 Å². The first kappa shape index (κ1) is 19.8. The molecule has 0 aromatic heterocycles. The van der Waals surface area contributed by atoms with Crippen LogP contribution in [0.25, 0.3) is 0 Å². The van der Waals surface area contributed by atoms with E-state index in [1.165, 1.54) is 0 Å². The van der Waals surface area contributed by atoms with E-state index in [0.717, 1.165) is 25.7 Å². The molecule has 0 saturated carbocycles. The first-order valence-corrected chi connectivity index (χ1v) is 11.2. The van der Waals surface area contributed by atoms with Crippen LogP contribution in [0.3, 0.4) is 0 Å². The molecule has 5 heteroatoms. The Labute approximate surface area is 137 Å². The van der Waals surface area contributed by atoms with Crippen molar-refractivity contribution in [2.24, 2.45) is 5.41 Å². The van der Waals surface area contributed by atoms with Crippen molar-refractivity contribution in [2.75, 3.05) is 19.8 Å². The zero-order chi connectivity index (χ0) is 17.1. The van der Waals surface area contributed by atoms with Crippen LogP contribution in [0.4, 0.5) is 0 Å². The van der Waals surface area contributed by atoms with E-state index in [1.807, 2.05) is 13.8 Å². The molecule has 1 aliphatic rings. The van der Waals surface area contributed by atoms with Crippen LogP contribution >= 0.6 is 0 Å². The molecule has 1 heterocycles. The van der Waals surface area contributed by atoms with Crippen LogP contribution in [0, 0.1) is 5.41 Å². The monoisotopic (exact) mass is 330 g/mol. The molecule has 0 amide bonds. The van der Waals surface area contributed by atoms with E-state index in [4.69, 9.17) is 13.9 Å². The summed E-state index contributed by atoms with van der Waals surface area (Å²) in [5.74, 6) is -0.538. The van der Waals surface area contributed by atoms with Gasteiger partial charge in [-0.1, -0.05) is 20.8 Å². The number of rotatable bonds is 7. The van der Waals surface area contributed by atoms with Gasteiger partial charge in [0.15, 0.2) is 14.1 Å². The SMILES string of the molecule is CC1(C)OCC(CC=O)(CCCO[Si](C)(C)C(C)(C)C)CO1. The highest BCUT2D eigenvalue weighted by Crippen LogP contribution is 2.38. The molecule has 4 nitrogen and oxygen atoms in total. The summed E-state index contributed by atoms with van der Waals surface area (Å²) in [4.78, 5) is 11.0. The highest BCUT2D eigenvalue weighted by molar-refractivity contribution is 6.74. The van der Waals surface area contributed by atoms with E-state index in [1.54, 1.807) is 0 Å². The average Bonchev–Trinajstić information content (AvgIpc) is 2.37. The fraction of sp³-hybridized carbons (Fsp3) is 0.941. The van der Waals surface area contributed by atoms with E-state index in [0.29, 0.717) is 19.6 Å². The fourth-order valence-corrected chi connectivity index (χ4v) is 3.36. The van der Waals surface area contributed by atoms with Crippen molar-refractivity contribution < 1.29 is 18.7 Å². The summed E-state index contributed by atoms with van der Waals surface area (Å²) in [6.07, 6.45) is 3.31. The molecular formula is C17H34O4Si. The summed E-state index contributed by atoms with van der Waals surface area (Å²) in [6.45, 7) is 17.0. The third-order valence-corrected chi connectivity index (χ3v) is 9.63. The van der Waals surface area contributed by atoms with Gasteiger partial charge in [0.25, 0.3) is 0 Å². The standard InChI is InChI=1S/C17H34O4Si/c1-15(2,3)22(6,7)21-12-8-9-17(10-11-18)13-19-16(4,5)20-14-17/h11H,8-10,12-14H2,1-7H3. The Kier molecular flexibility index (Phi) is 6.41. The molecule has 0 atom stereocenters. The van der Waals surface area contributed by atoms with Gasteiger partial charge >= 0.3 is 0 Å². The summed E-state index contributed by atoms with van der Waals surface area (Å²) in [6, 6.07) is 0. The second-order valence-corrected chi connectivity index (χ2v) is 13.4. The highest BCUT2D eigenvalue weighted by atomic mass is 28.4. The van der Waals surface area contributed by atoms with Gasteiger partial charge in [0.2, 0.25) is 0 Å². The molecule has 22 heavy (non-hydrogen) atoms. The maximum absolute atomic E-state index is 11.0. The highest BCUT2D eigenvalue weighted by Gasteiger charge is 2.40. The summed E-state index contributed by atoms with van der Waals surface area (Å²) in [5, 5.41) is 0.231. The zero-order valence-corrected chi connectivity index (χ0v) is 16.5. The molecule has 0 aliphatic carbocycles. The summed E-state index contributed by atoms with van der Waals surface area (Å²) >= 11 is 0. The molecular weight excluding hydrogens is 296 g/mol. The van der Waals surface area contributed by atoms with Crippen LogP contribution in [0.5, 0.6) is 0 Å². The van der Waals surface area contributed by atoms with Crippen molar-refractivity contribution in [1.82, 2.24) is 0 Å². The van der Waals surface area contributed by atoms with Crippen molar-refractivity contribution in [3.8, 4) is 0 Å². The van der Waals surface area contributed by atoms with Gasteiger partial charge < -0.3 is 18.7 Å². The van der Waals surface area contributed by atoms with Gasteiger partial charge in [-0.25, -0.2) is 0 Å². The van der Waals surface area contributed by atoms with Crippen LogP contribution in [0.15, 0.2) is 0 Å². The number of ether oxygens (including phenoxy) is 2. The van der Waals surface area contributed by atoms with Gasteiger partial charge in [-0.3, -0.25) is 0 Å². The van der Waals surface area contributed by atoms with E-state index >= 15 is 0 Å². The van der Waals surface area contributed by atoms with Gasteiger partial charge in [-0.15, -0.1) is 0 Å². The third-order valence-electron chi connectivity index (χ3n) is 5.09. The minimum atomic E-state index is -1.69. The van der Waals surface area contributed by atoms with E-state index in [2.05, 4.69) is 33.9 Å². The van der Waals surface area contributed by atoms with Crippen LogP contribution in [0.1, 0.15) is 53.9 Å². The lowest BCUT2D eigenvalue weighted by Gasteiger charge is -2.43. The fourth-order valence-electron chi connectivity index (χ4n) is 2.27. The maximum Gasteiger partial charge on any atom is 0.191 e. The van der Waals surface area contributed by atoms with E-state index in [-0.39, 0.29) is 10.5 Å². The number of hydrogen-bond acceptors (Lipinski definition) is 4. The lowest BCUT2D eigenvalue weighted by atomic mass is 9.81. The second kappa shape index (κ2) is 7.12. The molecule has 0 spiro atoms. The lowest BCUT2D eigenvalue weighted by Crippen LogP contribution is -2.47. The number of aldehydes is 1. The van der Waals surface area contributed by atoms with Crippen molar-refractivity contribution in [3.63, 3.8) is 0 Å². The van der Waals surface area contributed by atoms with Gasteiger partial charge in [0, 0.05) is 18.4 Å². The molecule has 0 aromatic carbocycles. The normalized spacial score (nSPS) is 21.6. The second-order valence-electron chi connectivity index (χ2n) is 8.56. The van der Waals surface area contributed by atoms with E-state index < -0.39 is 14.1 Å².